The summed E-state index contributed by atoms with van der Waals surface area (Å²) in [4.78, 5) is 26.8. The summed E-state index contributed by atoms with van der Waals surface area (Å²) in [5.41, 5.74) is 3.34. The van der Waals surface area contributed by atoms with Crippen LogP contribution in [0.3, 0.4) is 0 Å². The van der Waals surface area contributed by atoms with Crippen LogP contribution < -0.4 is 10.2 Å². The molecule has 1 unspecified atom stereocenters. The van der Waals surface area contributed by atoms with Crippen LogP contribution in [-0.4, -0.2) is 38.6 Å². The van der Waals surface area contributed by atoms with Crippen LogP contribution in [0.2, 0.25) is 0 Å². The molecule has 0 saturated carbocycles. The van der Waals surface area contributed by atoms with Crippen molar-refractivity contribution >= 4 is 23.2 Å². The molecule has 1 aliphatic heterocycles. The predicted octanol–water partition coefficient (Wildman–Crippen LogP) is 2.27. The third kappa shape index (κ3) is 3.48. The highest BCUT2D eigenvalue weighted by atomic mass is 16.2. The Morgan fingerprint density at radius 2 is 1.89 bits per heavy atom. The smallest absolute Gasteiger partial charge is 0.229 e. The van der Waals surface area contributed by atoms with E-state index in [9.17, 15) is 9.59 Å². The van der Waals surface area contributed by atoms with Crippen molar-refractivity contribution in [2.24, 2.45) is 5.92 Å². The number of rotatable bonds is 4. The van der Waals surface area contributed by atoms with Crippen molar-refractivity contribution in [3.05, 3.63) is 59.9 Å². The normalized spacial score (nSPS) is 16.4. The fourth-order valence-electron chi connectivity index (χ4n) is 3.29. The summed E-state index contributed by atoms with van der Waals surface area (Å²) in [6, 6.07) is 15.0. The van der Waals surface area contributed by atoms with E-state index in [2.05, 4.69) is 20.8 Å². The van der Waals surface area contributed by atoms with E-state index < -0.39 is 5.92 Å². The molecule has 0 aliphatic carbocycles. The quantitative estimate of drug-likeness (QED) is 0.754. The van der Waals surface area contributed by atoms with E-state index in [0.29, 0.717) is 18.1 Å². The maximum absolute atomic E-state index is 12.7. The van der Waals surface area contributed by atoms with Gasteiger partial charge in [0.2, 0.25) is 11.8 Å². The van der Waals surface area contributed by atoms with Gasteiger partial charge in [0, 0.05) is 24.3 Å². The first-order valence-corrected chi connectivity index (χ1v) is 9.04. The molecule has 2 heterocycles. The van der Waals surface area contributed by atoms with Crippen LogP contribution in [0, 0.1) is 19.8 Å². The van der Waals surface area contributed by atoms with Gasteiger partial charge in [0.25, 0.3) is 0 Å². The van der Waals surface area contributed by atoms with E-state index in [-0.39, 0.29) is 18.2 Å². The molecule has 2 aromatic carbocycles. The maximum atomic E-state index is 12.7. The Labute approximate surface area is 162 Å². The second kappa shape index (κ2) is 7.22. The number of aromatic nitrogens is 4. The Hall–Kier alpha value is -3.55. The first kappa shape index (κ1) is 17.8. The Balaban J connectivity index is 1.47. The molecule has 3 aromatic rings. The Morgan fingerprint density at radius 3 is 2.61 bits per heavy atom. The molecule has 4 rings (SSSR count). The molecule has 1 saturated heterocycles. The summed E-state index contributed by atoms with van der Waals surface area (Å²) in [7, 11) is 0. The number of carbonyl (C=O) groups excluding carboxylic acids is 2. The predicted molar refractivity (Wildman–Crippen MR) is 104 cm³/mol. The minimum atomic E-state index is -0.396. The van der Waals surface area contributed by atoms with Gasteiger partial charge in [-0.15, -0.1) is 5.10 Å². The first-order chi connectivity index (χ1) is 13.5. The fraction of sp³-hybridized carbons (Fsp3) is 0.250. The third-order valence-electron chi connectivity index (χ3n) is 4.83. The summed E-state index contributed by atoms with van der Waals surface area (Å²) in [6.07, 6.45) is 0.200. The van der Waals surface area contributed by atoms with E-state index in [4.69, 9.17) is 0 Å². The zero-order valence-electron chi connectivity index (χ0n) is 15.7. The van der Waals surface area contributed by atoms with Crippen molar-refractivity contribution in [2.45, 2.75) is 20.3 Å². The summed E-state index contributed by atoms with van der Waals surface area (Å²) in [6.45, 7) is 4.17. The van der Waals surface area contributed by atoms with E-state index in [0.717, 1.165) is 16.9 Å². The van der Waals surface area contributed by atoms with Gasteiger partial charge in [0.05, 0.1) is 11.6 Å². The van der Waals surface area contributed by atoms with Crippen LogP contribution in [0.4, 0.5) is 11.4 Å². The molecule has 142 valence electrons. The topological polar surface area (TPSA) is 93.0 Å². The third-order valence-corrected chi connectivity index (χ3v) is 4.83. The summed E-state index contributed by atoms with van der Waals surface area (Å²) < 4.78 is 1.59. The summed E-state index contributed by atoms with van der Waals surface area (Å²) in [5, 5.41) is 14.3. The van der Waals surface area contributed by atoms with Gasteiger partial charge in [-0.3, -0.25) is 9.59 Å². The monoisotopic (exact) mass is 376 g/mol. The number of hydrogen-bond donors (Lipinski definition) is 1. The number of anilines is 2. The maximum Gasteiger partial charge on any atom is 0.229 e. The van der Waals surface area contributed by atoms with E-state index in [1.807, 2.05) is 43.3 Å². The molecule has 28 heavy (non-hydrogen) atoms. The number of aryl methyl sites for hydroxylation is 2. The number of carbonyl (C=O) groups is 2. The summed E-state index contributed by atoms with van der Waals surface area (Å²) in [5.74, 6) is 0.0430. The first-order valence-electron chi connectivity index (χ1n) is 9.04. The number of nitrogens with one attached hydrogen (secondary N) is 1. The Bertz CT molecular complexity index is 1030. The summed E-state index contributed by atoms with van der Waals surface area (Å²) >= 11 is 0. The zero-order valence-corrected chi connectivity index (χ0v) is 15.7. The molecule has 0 radical (unpaired) electrons. The van der Waals surface area contributed by atoms with Crippen LogP contribution in [0.1, 0.15) is 17.8 Å². The van der Waals surface area contributed by atoms with Gasteiger partial charge >= 0.3 is 0 Å². The van der Waals surface area contributed by atoms with Crippen LogP contribution in [0.15, 0.2) is 48.5 Å². The lowest BCUT2D eigenvalue weighted by Gasteiger charge is -2.17. The van der Waals surface area contributed by atoms with E-state index >= 15 is 0 Å². The SMILES string of the molecule is Cc1ccc(N2CC(C(=O)Nc3cccc(-n4nnnc4C)c3)CC2=O)cc1. The second-order valence-electron chi connectivity index (χ2n) is 6.92. The van der Waals surface area contributed by atoms with Gasteiger partial charge in [0.15, 0.2) is 5.82 Å². The number of tetrazole rings is 1. The molecule has 1 aromatic heterocycles. The van der Waals surface area contributed by atoms with Crippen LogP contribution in [0.25, 0.3) is 5.69 Å². The average Bonchev–Trinajstić information content (AvgIpc) is 3.28. The highest BCUT2D eigenvalue weighted by Gasteiger charge is 2.35. The standard InChI is InChI=1S/C20H20N6O2/c1-13-6-8-17(9-7-13)25-12-15(10-19(25)27)20(28)21-16-4-3-5-18(11-16)26-14(2)22-23-24-26/h3-9,11,15H,10,12H2,1-2H3,(H,21,28). The van der Waals surface area contributed by atoms with Crippen molar-refractivity contribution in [1.82, 2.24) is 20.2 Å². The highest BCUT2D eigenvalue weighted by Crippen LogP contribution is 2.26. The van der Waals surface area contributed by atoms with Gasteiger partial charge in [-0.25, -0.2) is 0 Å². The molecular weight excluding hydrogens is 356 g/mol. The molecule has 0 spiro atoms. The molecule has 1 atom stereocenters. The molecular formula is C20H20N6O2. The Morgan fingerprint density at radius 1 is 1.11 bits per heavy atom. The molecule has 1 fully saturated rings. The average molecular weight is 376 g/mol. The van der Waals surface area contributed by atoms with Crippen molar-refractivity contribution in [1.29, 1.82) is 0 Å². The lowest BCUT2D eigenvalue weighted by Crippen LogP contribution is -2.28. The molecule has 8 nitrogen and oxygen atoms in total. The fourth-order valence-corrected chi connectivity index (χ4v) is 3.29. The molecule has 1 N–H and O–H groups in total. The second-order valence-corrected chi connectivity index (χ2v) is 6.92. The zero-order chi connectivity index (χ0) is 19.7. The number of benzene rings is 2. The van der Waals surface area contributed by atoms with E-state index in [1.165, 1.54) is 0 Å². The van der Waals surface area contributed by atoms with Crippen molar-refractivity contribution in [2.75, 3.05) is 16.8 Å². The van der Waals surface area contributed by atoms with Gasteiger partial charge in [-0.05, 0) is 54.6 Å². The Kier molecular flexibility index (Phi) is 4.60. The van der Waals surface area contributed by atoms with Crippen molar-refractivity contribution in [3.63, 3.8) is 0 Å². The van der Waals surface area contributed by atoms with Gasteiger partial charge < -0.3 is 10.2 Å². The molecule has 2 amide bonds. The van der Waals surface area contributed by atoms with Crippen LogP contribution in [0.5, 0.6) is 0 Å². The molecule has 0 bridgehead atoms. The number of amides is 2. The minimum absolute atomic E-state index is 0.0398. The van der Waals surface area contributed by atoms with Crippen molar-refractivity contribution < 1.29 is 9.59 Å². The van der Waals surface area contributed by atoms with Crippen molar-refractivity contribution in [3.8, 4) is 5.69 Å². The van der Waals surface area contributed by atoms with Gasteiger partial charge in [-0.2, -0.15) is 4.68 Å². The highest BCUT2D eigenvalue weighted by molar-refractivity contribution is 6.03. The van der Waals surface area contributed by atoms with Crippen LogP contribution in [-0.2, 0) is 9.59 Å². The van der Waals surface area contributed by atoms with Gasteiger partial charge in [-0.1, -0.05) is 23.8 Å². The lowest BCUT2D eigenvalue weighted by molar-refractivity contribution is -0.122. The largest absolute Gasteiger partial charge is 0.326 e. The lowest BCUT2D eigenvalue weighted by atomic mass is 10.1. The minimum Gasteiger partial charge on any atom is -0.326 e. The van der Waals surface area contributed by atoms with E-state index in [1.54, 1.807) is 28.6 Å². The van der Waals surface area contributed by atoms with Crippen LogP contribution >= 0.6 is 0 Å². The number of nitrogens with zero attached hydrogens (tertiary/aromatic N) is 5. The molecule has 8 heteroatoms. The van der Waals surface area contributed by atoms with Gasteiger partial charge in [0.1, 0.15) is 0 Å². The molecule has 1 aliphatic rings. The number of hydrogen-bond acceptors (Lipinski definition) is 5.